The molecule has 1 nitrogen and oxygen atoms in total. The van der Waals surface area contributed by atoms with Crippen molar-refractivity contribution in [3.8, 4) is 0 Å². The summed E-state index contributed by atoms with van der Waals surface area (Å²) in [6.45, 7) is 11.4. The van der Waals surface area contributed by atoms with E-state index in [1.807, 2.05) is 0 Å². The van der Waals surface area contributed by atoms with Crippen molar-refractivity contribution in [1.82, 2.24) is 5.32 Å². The van der Waals surface area contributed by atoms with Gasteiger partial charge in [0.05, 0.1) is 0 Å². The van der Waals surface area contributed by atoms with Crippen LogP contribution >= 0.6 is 0 Å². The second-order valence-corrected chi connectivity index (χ2v) is 6.20. The van der Waals surface area contributed by atoms with E-state index in [2.05, 4.69) is 70.3 Å². The van der Waals surface area contributed by atoms with E-state index in [4.69, 9.17) is 0 Å². The molecule has 2 atom stereocenters. The second-order valence-electron chi connectivity index (χ2n) is 6.20. The van der Waals surface area contributed by atoms with Crippen LogP contribution in [0.1, 0.15) is 59.1 Å². The van der Waals surface area contributed by atoms with E-state index in [1.54, 1.807) is 0 Å². The van der Waals surface area contributed by atoms with Crippen molar-refractivity contribution in [2.45, 2.75) is 59.5 Å². The van der Waals surface area contributed by atoms with Gasteiger partial charge in [0.25, 0.3) is 0 Å². The van der Waals surface area contributed by atoms with Crippen molar-refractivity contribution in [3.63, 3.8) is 0 Å². The van der Waals surface area contributed by atoms with Crippen molar-refractivity contribution in [2.75, 3.05) is 0 Å². The smallest absolute Gasteiger partial charge is 0.0327 e. The summed E-state index contributed by atoms with van der Waals surface area (Å²) in [4.78, 5) is 0. The summed E-state index contributed by atoms with van der Waals surface area (Å²) >= 11 is 0. The van der Waals surface area contributed by atoms with Crippen molar-refractivity contribution < 1.29 is 0 Å². The predicted octanol–water partition coefficient (Wildman–Crippen LogP) is 4.55. The lowest BCUT2D eigenvalue weighted by Crippen LogP contribution is -2.32. The van der Waals surface area contributed by atoms with E-state index in [-0.39, 0.29) is 0 Å². The van der Waals surface area contributed by atoms with Gasteiger partial charge in [0.15, 0.2) is 0 Å². The van der Waals surface area contributed by atoms with E-state index in [0.717, 1.165) is 0 Å². The van der Waals surface area contributed by atoms with Crippen LogP contribution in [-0.4, -0.2) is 6.04 Å². The molecule has 0 bridgehead atoms. The Kier molecular flexibility index (Phi) is 5.20. The third-order valence-electron chi connectivity index (χ3n) is 3.12. The Morgan fingerprint density at radius 1 is 1.12 bits per heavy atom. The van der Waals surface area contributed by atoms with Gasteiger partial charge in [-0.15, -0.1) is 0 Å². The monoisotopic (exact) mass is 233 g/mol. The first-order chi connectivity index (χ1) is 7.92. The third kappa shape index (κ3) is 5.36. The van der Waals surface area contributed by atoms with E-state index in [9.17, 15) is 0 Å². The standard InChI is InChI=1S/C16H27N/c1-6-13(2)17-15(12-16(3,4)5)14-10-8-7-9-11-14/h7-11,13,15,17H,6,12H2,1-5H3. The van der Waals surface area contributed by atoms with Crippen LogP contribution in [0, 0.1) is 5.41 Å². The lowest BCUT2D eigenvalue weighted by atomic mass is 9.85. The van der Waals surface area contributed by atoms with Gasteiger partial charge in [-0.05, 0) is 30.7 Å². The highest BCUT2D eigenvalue weighted by molar-refractivity contribution is 5.19. The molecule has 0 aliphatic heterocycles. The maximum atomic E-state index is 3.74. The van der Waals surface area contributed by atoms with Crippen LogP contribution in [0.15, 0.2) is 30.3 Å². The number of nitrogens with one attached hydrogen (secondary N) is 1. The molecular formula is C16H27N. The zero-order valence-corrected chi connectivity index (χ0v) is 12.0. The van der Waals surface area contributed by atoms with E-state index in [1.165, 1.54) is 18.4 Å². The molecule has 1 aromatic carbocycles. The molecule has 0 radical (unpaired) electrons. The Morgan fingerprint density at radius 3 is 2.18 bits per heavy atom. The van der Waals surface area contributed by atoms with Crippen molar-refractivity contribution in [2.24, 2.45) is 5.41 Å². The van der Waals surface area contributed by atoms with Gasteiger partial charge in [0.1, 0.15) is 0 Å². The Morgan fingerprint density at radius 2 is 1.71 bits per heavy atom. The maximum absolute atomic E-state index is 3.74. The molecule has 0 spiro atoms. The summed E-state index contributed by atoms with van der Waals surface area (Å²) in [5.41, 5.74) is 1.75. The molecule has 96 valence electrons. The van der Waals surface area contributed by atoms with Gasteiger partial charge >= 0.3 is 0 Å². The molecule has 0 saturated heterocycles. The van der Waals surface area contributed by atoms with Crippen molar-refractivity contribution in [3.05, 3.63) is 35.9 Å². The average molecular weight is 233 g/mol. The molecule has 0 fully saturated rings. The Labute approximate surface area is 107 Å². The summed E-state index contributed by atoms with van der Waals surface area (Å²) in [7, 11) is 0. The zero-order valence-electron chi connectivity index (χ0n) is 12.0. The summed E-state index contributed by atoms with van der Waals surface area (Å²) in [5.74, 6) is 0. The van der Waals surface area contributed by atoms with E-state index < -0.39 is 0 Å². The molecule has 1 heteroatoms. The summed E-state index contributed by atoms with van der Waals surface area (Å²) < 4.78 is 0. The Hall–Kier alpha value is -0.820. The van der Waals surface area contributed by atoms with Gasteiger partial charge in [0.2, 0.25) is 0 Å². The van der Waals surface area contributed by atoms with Crippen molar-refractivity contribution in [1.29, 1.82) is 0 Å². The third-order valence-corrected chi connectivity index (χ3v) is 3.12. The minimum absolute atomic E-state index is 0.348. The molecule has 2 unspecified atom stereocenters. The van der Waals surface area contributed by atoms with Crippen molar-refractivity contribution >= 4 is 0 Å². The number of hydrogen-bond donors (Lipinski definition) is 1. The highest BCUT2D eigenvalue weighted by Crippen LogP contribution is 2.29. The van der Waals surface area contributed by atoms with Gasteiger partial charge in [-0.1, -0.05) is 58.0 Å². The lowest BCUT2D eigenvalue weighted by Gasteiger charge is -2.29. The minimum Gasteiger partial charge on any atom is -0.307 e. The molecule has 17 heavy (non-hydrogen) atoms. The first kappa shape index (κ1) is 14.2. The predicted molar refractivity (Wildman–Crippen MR) is 76.1 cm³/mol. The molecule has 0 aromatic heterocycles. The molecule has 1 aromatic rings. The fraction of sp³-hybridized carbons (Fsp3) is 0.625. The van der Waals surface area contributed by atoms with Crippen LogP contribution < -0.4 is 5.32 Å². The fourth-order valence-electron chi connectivity index (χ4n) is 2.03. The highest BCUT2D eigenvalue weighted by atomic mass is 14.9. The topological polar surface area (TPSA) is 12.0 Å². The number of benzene rings is 1. The molecule has 0 saturated carbocycles. The van der Waals surface area contributed by atoms with Crippen LogP contribution in [0.5, 0.6) is 0 Å². The van der Waals surface area contributed by atoms with Gasteiger partial charge < -0.3 is 5.32 Å². The van der Waals surface area contributed by atoms with Crippen LogP contribution in [0.25, 0.3) is 0 Å². The van der Waals surface area contributed by atoms with E-state index >= 15 is 0 Å². The number of hydrogen-bond acceptors (Lipinski definition) is 1. The van der Waals surface area contributed by atoms with Gasteiger partial charge in [-0.3, -0.25) is 0 Å². The van der Waals surface area contributed by atoms with Gasteiger partial charge in [-0.2, -0.15) is 0 Å². The Balaban J connectivity index is 2.79. The minimum atomic E-state index is 0.348. The molecular weight excluding hydrogens is 206 g/mol. The SMILES string of the molecule is CCC(C)NC(CC(C)(C)C)c1ccccc1. The second kappa shape index (κ2) is 6.20. The van der Waals surface area contributed by atoms with Crippen LogP contribution in [0.2, 0.25) is 0 Å². The normalized spacial score (nSPS) is 15.6. The Bertz CT molecular complexity index is 310. The quantitative estimate of drug-likeness (QED) is 0.786. The molecule has 0 heterocycles. The van der Waals surface area contributed by atoms with Crippen LogP contribution in [0.3, 0.4) is 0 Å². The molecule has 0 aliphatic rings. The highest BCUT2D eigenvalue weighted by Gasteiger charge is 2.20. The van der Waals surface area contributed by atoms with Gasteiger partial charge in [0, 0.05) is 12.1 Å². The molecule has 1 N–H and O–H groups in total. The molecule has 0 amide bonds. The van der Waals surface area contributed by atoms with Crippen LogP contribution in [0.4, 0.5) is 0 Å². The van der Waals surface area contributed by atoms with E-state index in [0.29, 0.717) is 17.5 Å². The molecule has 0 aliphatic carbocycles. The average Bonchev–Trinajstić information content (AvgIpc) is 2.27. The summed E-state index contributed by atoms with van der Waals surface area (Å²) in [5, 5.41) is 3.74. The number of rotatable bonds is 5. The summed E-state index contributed by atoms with van der Waals surface area (Å²) in [6, 6.07) is 11.8. The molecule has 1 rings (SSSR count). The summed E-state index contributed by atoms with van der Waals surface area (Å²) in [6.07, 6.45) is 2.34. The van der Waals surface area contributed by atoms with Gasteiger partial charge in [-0.25, -0.2) is 0 Å². The first-order valence-electron chi connectivity index (χ1n) is 6.73. The zero-order chi connectivity index (χ0) is 12.9. The largest absolute Gasteiger partial charge is 0.307 e. The maximum Gasteiger partial charge on any atom is 0.0327 e. The van der Waals surface area contributed by atoms with Crippen LogP contribution in [-0.2, 0) is 0 Å². The fourth-order valence-corrected chi connectivity index (χ4v) is 2.03. The lowest BCUT2D eigenvalue weighted by molar-refractivity contribution is 0.294. The first-order valence-corrected chi connectivity index (χ1v) is 6.73.